The van der Waals surface area contributed by atoms with Crippen molar-refractivity contribution in [2.24, 2.45) is 18.9 Å². The zero-order valence-corrected chi connectivity index (χ0v) is 72.0. The fraction of sp³-hybridized carbons (Fsp3) is 0.592. The van der Waals surface area contributed by atoms with Crippen LogP contribution in [0.1, 0.15) is 59.1 Å². The first kappa shape index (κ1) is 94.5. The van der Waals surface area contributed by atoms with Crippen LogP contribution in [0.4, 0.5) is 4.79 Å². The number of urea groups is 1. The molecule has 9 aliphatic heterocycles. The van der Waals surface area contributed by atoms with Crippen LogP contribution in [0.3, 0.4) is 0 Å². The van der Waals surface area contributed by atoms with E-state index in [9.17, 15) is 69.9 Å². The predicted molar refractivity (Wildman–Crippen MR) is 458 cm³/mol. The van der Waals surface area contributed by atoms with E-state index in [1.165, 1.54) is 41.5 Å². The molecule has 20 atom stereocenters. The third kappa shape index (κ3) is 26.3. The lowest BCUT2D eigenvalue weighted by Gasteiger charge is -2.34. The second-order valence-corrected chi connectivity index (χ2v) is 54.9. The highest BCUT2D eigenvalue weighted by Crippen LogP contribution is 2.45. The molecule has 29 nitrogen and oxygen atoms in total. The summed E-state index contributed by atoms with van der Waals surface area (Å²) < 4.78 is 31.6. The molecule has 622 valence electrons. The van der Waals surface area contributed by atoms with Crippen molar-refractivity contribution in [3.8, 4) is 11.8 Å². The minimum Gasteiger partial charge on any atom is -0.391 e. The largest absolute Gasteiger partial charge is 0.391 e. The van der Waals surface area contributed by atoms with Crippen LogP contribution in [0.2, 0.25) is 0 Å². The molecule has 0 aromatic carbocycles. The van der Waals surface area contributed by atoms with Gasteiger partial charge in [-0.3, -0.25) is 23.5 Å². The van der Waals surface area contributed by atoms with Crippen LogP contribution in [0.25, 0.3) is 0 Å². The minimum absolute atomic E-state index is 0.0273. The van der Waals surface area contributed by atoms with Crippen LogP contribution >= 0.6 is 46.6 Å². The zero-order valence-electron chi connectivity index (χ0n) is 66.7. The van der Waals surface area contributed by atoms with Crippen molar-refractivity contribution in [3.63, 3.8) is 0 Å². The number of aliphatic hydroxyl groups is 9. The number of hydrogen-bond donors (Lipinski definition) is 15. The van der Waals surface area contributed by atoms with Gasteiger partial charge in [0.2, 0.25) is 0 Å². The number of nitrogens with one attached hydrogen (secondary N) is 6. The fourth-order valence-corrected chi connectivity index (χ4v) is 18.1. The Kier molecular flexibility index (Phi) is 33.6. The highest BCUT2D eigenvalue weighted by Gasteiger charge is 2.50. The normalized spacial score (nSPS) is 31.6. The van der Waals surface area contributed by atoms with Gasteiger partial charge in [0.1, 0.15) is 53.8 Å². The molecule has 0 bridgehead atoms. The molecule has 15 N–H and O–H groups in total. The van der Waals surface area contributed by atoms with Gasteiger partial charge in [-0.2, -0.15) is 0 Å². The summed E-state index contributed by atoms with van der Waals surface area (Å²) in [5.74, 6) is 5.08. The first-order valence-electron chi connectivity index (χ1n) is 36.6. The number of thiocarbonyl (C=S) groups is 1. The van der Waals surface area contributed by atoms with Gasteiger partial charge in [0.15, 0.2) is 23.8 Å². The maximum atomic E-state index is 12.1. The van der Waals surface area contributed by atoms with Crippen LogP contribution < -0.4 is 43.1 Å². The smallest absolute Gasteiger partial charge is 0.332 e. The molecule has 0 aliphatic carbocycles. The number of carbonyl (C=O) groups is 3. The van der Waals surface area contributed by atoms with E-state index in [0.29, 0.717) is 30.1 Å². The highest BCUT2D eigenvalue weighted by atomic mass is 32.1. The Hall–Kier alpha value is -5.40. The Labute approximate surface area is 659 Å². The summed E-state index contributed by atoms with van der Waals surface area (Å²) in [5, 5.41) is 108. The SMILES string of the molecule is C=C1NC(=O)C(C#CC)=CN1C1O[C@H](CCP(=C)(C)C)[C@@H](O)[C@H]1O.C=C1NC(=O)C(CO)=CN1C1O[C@H](CCP(=C)(C)C)[C@@H](O)[C@H]1O.C=C1NC(=O)NC=C1C1O[C@H](CCP(=C)(C)C)[C@@H](O)[C@H]1C.C=C1NC(=S)NC=C1C1O[C@H](CCP(=C)(C)C)[C@@H](O)[C@H]1C.C=P(C)(C)CC[C@H]1OC(n2ccc(=O)n(C)c2=O)[C@H](O)[C@@H]1O. The van der Waals surface area contributed by atoms with Gasteiger partial charge in [-0.1, -0.05) is 46.1 Å². The summed E-state index contributed by atoms with van der Waals surface area (Å²) in [4.78, 5) is 61.2. The molecule has 4 amide bonds. The number of rotatable bonds is 21. The third-order valence-corrected chi connectivity index (χ3v) is 27.4. The van der Waals surface area contributed by atoms with Crippen LogP contribution in [0.5, 0.6) is 0 Å². The van der Waals surface area contributed by atoms with Crippen LogP contribution in [-0.4, -0.2) is 327 Å². The average Bonchev–Trinajstić information content (AvgIpc) is 1.72. The maximum Gasteiger partial charge on any atom is 0.332 e. The lowest BCUT2D eigenvalue weighted by atomic mass is 9.92. The summed E-state index contributed by atoms with van der Waals surface area (Å²) in [5.41, 5.74) is 2.37. The van der Waals surface area contributed by atoms with Gasteiger partial charge in [0.05, 0.1) is 67.1 Å². The van der Waals surface area contributed by atoms with E-state index in [4.69, 9.17) is 35.9 Å². The van der Waals surface area contributed by atoms with E-state index >= 15 is 0 Å². The van der Waals surface area contributed by atoms with E-state index in [-0.39, 0.29) is 71.0 Å². The molecule has 0 spiro atoms. The number of nitrogens with zero attached hydrogens (tertiary/aromatic N) is 4. The van der Waals surface area contributed by atoms with Gasteiger partial charge in [-0.05, 0) is 149 Å². The molecule has 5 unspecified atom stereocenters. The van der Waals surface area contributed by atoms with Gasteiger partial charge in [0, 0.05) is 78.5 Å². The summed E-state index contributed by atoms with van der Waals surface area (Å²) in [7, 11) is 1.35. The molecule has 111 heavy (non-hydrogen) atoms. The molecular formula is C76H123N10O19P5S. The summed E-state index contributed by atoms with van der Waals surface area (Å²) >= 11 is 5.05. The van der Waals surface area contributed by atoms with Gasteiger partial charge in [0.25, 0.3) is 17.4 Å². The number of aromatic nitrogens is 2. The van der Waals surface area contributed by atoms with Crippen LogP contribution in [-0.2, 0) is 40.3 Å². The molecule has 5 saturated heterocycles. The van der Waals surface area contributed by atoms with Gasteiger partial charge in [-0.25, -0.2) is 9.59 Å². The second-order valence-electron chi connectivity index (χ2n) is 32.9. The fourth-order valence-electron chi connectivity index (χ4n) is 13.1. The van der Waals surface area contributed by atoms with Crippen molar-refractivity contribution in [1.82, 2.24) is 50.8 Å². The summed E-state index contributed by atoms with van der Waals surface area (Å²) in [6.45, 7) is 35.9. The van der Waals surface area contributed by atoms with Crippen LogP contribution in [0.15, 0.2) is 118 Å². The minimum atomic E-state index is -1.27. The number of carbonyl (C=O) groups excluding carboxylic acids is 3. The zero-order chi connectivity index (χ0) is 83.7. The number of ether oxygens (including phenoxy) is 5. The molecule has 0 radical (unpaired) electrons. The Balaban J connectivity index is 0.000000217. The van der Waals surface area contributed by atoms with Crippen molar-refractivity contribution in [2.75, 3.05) is 104 Å². The van der Waals surface area contributed by atoms with Crippen molar-refractivity contribution < 1.29 is 84.0 Å². The Morgan fingerprint density at radius 2 is 0.856 bits per heavy atom. The first-order chi connectivity index (χ1) is 51.3. The maximum absolute atomic E-state index is 12.1. The van der Waals surface area contributed by atoms with E-state index in [2.05, 4.69) is 168 Å². The molecule has 0 saturated carbocycles. The first-order valence-corrected chi connectivity index (χ1v) is 52.3. The van der Waals surface area contributed by atoms with Crippen molar-refractivity contribution in [2.45, 2.75) is 163 Å². The molecule has 35 heteroatoms. The Morgan fingerprint density at radius 3 is 1.23 bits per heavy atom. The highest BCUT2D eigenvalue weighted by molar-refractivity contribution is 7.80. The summed E-state index contributed by atoms with van der Waals surface area (Å²) in [6.07, 6.45) is 23.9. The predicted octanol–water partition coefficient (Wildman–Crippen LogP) is 2.21. The van der Waals surface area contributed by atoms with E-state index < -0.39 is 144 Å². The molecule has 1 aromatic heterocycles. The number of hydrogen-bond acceptors (Lipinski definition) is 22. The lowest BCUT2D eigenvalue weighted by Crippen LogP contribution is -2.48. The molecule has 10 rings (SSSR count). The average molecular weight is 1670 g/mol. The molecule has 10 heterocycles. The topological polar surface area (TPSA) is 402 Å². The van der Waals surface area contributed by atoms with Crippen molar-refractivity contribution >= 4 is 101 Å². The van der Waals surface area contributed by atoms with E-state index in [1.54, 1.807) is 13.1 Å². The molecule has 1 aromatic rings. The van der Waals surface area contributed by atoms with E-state index in [1.807, 2.05) is 20.0 Å². The number of amides is 4. The van der Waals surface area contributed by atoms with Gasteiger partial charge in [-0.15, -0.1) is 71.8 Å². The quantitative estimate of drug-likeness (QED) is 0.0476. The Morgan fingerprint density at radius 1 is 0.495 bits per heavy atom. The van der Waals surface area contributed by atoms with Gasteiger partial charge >= 0.3 is 11.7 Å². The Bertz CT molecular complexity index is 4120. The van der Waals surface area contributed by atoms with Crippen molar-refractivity contribution in [3.05, 3.63) is 130 Å². The third-order valence-electron chi connectivity index (χ3n) is 19.8. The lowest BCUT2D eigenvalue weighted by molar-refractivity contribution is -0.120. The second kappa shape index (κ2) is 39.5. The number of aliphatic hydroxyl groups excluding tert-OH is 9. The molecule has 5 fully saturated rings. The molecule has 9 aliphatic rings. The van der Waals surface area contributed by atoms with Gasteiger partial charge < -0.3 is 111 Å². The standard InChI is InChI=1S/C17H25N2O4P.C15H25N2O5P.C15H25N2O3P.C15H25N2O2PS.C14H23N2O5P/c1-6-7-12-10-19(11(2)18-16(12)22)17-15(21)14(20)13(23-17)8-9-24(3,4)5;1-9-16-14(21)10(8-18)7-17(9)15-13(20)12(19)11(22-15)5-6-23(2,3)4;1-9-13(18)12(6-7-21(3,4)5)20-14(9)11-8-16-15(19)17-10(11)2;1-9-13(18)12(6-7-20(3,4)5)19-14(9)11-8-16-15(21)17-10(11)2;1-15-10(17)5-7-16(14(15)20)13-12(19)11(18)9(21-13)6-8-22(2,3)4/h10,13-15,17,20-21H,2-3,8-9H2,1,4-5H3,(H,18,22);7,11-13,15,18-20H,1-2,5-6,8H2,3-4H3,(H,16,21);8-9,12-14,18H,2-3,6-7H2,1,4-5H3,(H2,16,17,19);8-9,12-14,18H,2-3,6-7H2,1,4-5H3,(H2,16,17,21);5,7,9,11-13,18-19H,2,6,8H2,1,3-4H3/t13-,14-,15-,17?;11-,12-,13-,15?;2*9-,12-,13+,14?;9-,11-,12-,13?/m11111/s1. The molecular weight excluding hydrogens is 1540 g/mol. The monoisotopic (exact) mass is 1670 g/mol. The van der Waals surface area contributed by atoms with E-state index in [0.717, 1.165) is 69.6 Å². The van der Waals surface area contributed by atoms with Crippen LogP contribution in [0, 0.1) is 23.7 Å². The van der Waals surface area contributed by atoms with Crippen molar-refractivity contribution in [1.29, 1.82) is 0 Å². The summed E-state index contributed by atoms with van der Waals surface area (Å²) in [6, 6.07) is 0.928.